The van der Waals surface area contributed by atoms with Crippen LogP contribution in [0.25, 0.3) is 0 Å². The van der Waals surface area contributed by atoms with Crippen LogP contribution < -0.4 is 5.32 Å². The van der Waals surface area contributed by atoms with E-state index in [-0.39, 0.29) is 12.1 Å². The Labute approximate surface area is 141 Å². The highest BCUT2D eigenvalue weighted by molar-refractivity contribution is 6.48. The van der Waals surface area contributed by atoms with Gasteiger partial charge in [-0.2, -0.15) is 0 Å². The number of aryl methyl sites for hydroxylation is 1. The number of rotatable bonds is 4. The Balaban J connectivity index is 2.20. The molecule has 0 fully saturated rings. The number of halogens is 3. The summed E-state index contributed by atoms with van der Waals surface area (Å²) in [6.45, 7) is 6.33. The van der Waals surface area contributed by atoms with Gasteiger partial charge in [0, 0.05) is 12.1 Å². The summed E-state index contributed by atoms with van der Waals surface area (Å²) in [7, 11) is 0. The van der Waals surface area contributed by atoms with Crippen molar-refractivity contribution in [3.63, 3.8) is 0 Å². The summed E-state index contributed by atoms with van der Waals surface area (Å²) >= 11 is 18.4. The van der Waals surface area contributed by atoms with E-state index in [4.69, 9.17) is 34.8 Å². The maximum atomic E-state index is 6.30. The standard InChI is InChI=1S/C17H18Cl3N/c1-10-6-4-5-7-13(10)11(2)21-12(3)14-8-9-15(18)17(20)16(14)19/h4-9,11-12,21H,1-3H3/t11-,12?/m1/s1. The van der Waals surface area contributed by atoms with E-state index in [1.807, 2.05) is 12.1 Å². The van der Waals surface area contributed by atoms with Crippen LogP contribution in [0.1, 0.15) is 42.6 Å². The average Bonchev–Trinajstić information content (AvgIpc) is 2.45. The fourth-order valence-electron chi connectivity index (χ4n) is 2.50. The molecule has 1 nitrogen and oxygen atoms in total. The summed E-state index contributed by atoms with van der Waals surface area (Å²) in [6.07, 6.45) is 0. The minimum absolute atomic E-state index is 0.0712. The lowest BCUT2D eigenvalue weighted by Crippen LogP contribution is -2.23. The highest BCUT2D eigenvalue weighted by Crippen LogP contribution is 2.36. The predicted molar refractivity (Wildman–Crippen MR) is 92.6 cm³/mol. The van der Waals surface area contributed by atoms with Gasteiger partial charge in [0.15, 0.2) is 0 Å². The molecule has 0 aromatic heterocycles. The van der Waals surface area contributed by atoms with Crippen LogP contribution in [-0.4, -0.2) is 0 Å². The highest BCUT2D eigenvalue weighted by Gasteiger charge is 2.17. The molecule has 112 valence electrons. The van der Waals surface area contributed by atoms with E-state index < -0.39 is 0 Å². The van der Waals surface area contributed by atoms with Gasteiger partial charge in [-0.3, -0.25) is 0 Å². The van der Waals surface area contributed by atoms with E-state index in [0.29, 0.717) is 15.1 Å². The Kier molecular flexibility index (Phi) is 5.56. The van der Waals surface area contributed by atoms with Crippen molar-refractivity contribution in [3.8, 4) is 0 Å². The molecule has 0 bridgehead atoms. The zero-order valence-electron chi connectivity index (χ0n) is 12.3. The van der Waals surface area contributed by atoms with Crippen molar-refractivity contribution in [3.05, 3.63) is 68.2 Å². The molecule has 0 aliphatic heterocycles. The van der Waals surface area contributed by atoms with Gasteiger partial charge >= 0.3 is 0 Å². The molecule has 2 aromatic rings. The van der Waals surface area contributed by atoms with Crippen LogP contribution in [0.5, 0.6) is 0 Å². The predicted octanol–water partition coefficient (Wildman–Crippen LogP) is 6.37. The minimum atomic E-state index is 0.0712. The van der Waals surface area contributed by atoms with E-state index in [9.17, 15) is 0 Å². The van der Waals surface area contributed by atoms with Gasteiger partial charge < -0.3 is 5.32 Å². The molecule has 2 aromatic carbocycles. The third-order valence-electron chi connectivity index (χ3n) is 3.69. The second kappa shape index (κ2) is 7.02. The molecular formula is C17H18Cl3N. The van der Waals surface area contributed by atoms with Crippen molar-refractivity contribution < 1.29 is 0 Å². The molecule has 0 radical (unpaired) electrons. The molecule has 1 unspecified atom stereocenters. The van der Waals surface area contributed by atoms with E-state index in [2.05, 4.69) is 44.3 Å². The van der Waals surface area contributed by atoms with Gasteiger partial charge in [-0.05, 0) is 43.5 Å². The van der Waals surface area contributed by atoms with Crippen LogP contribution in [-0.2, 0) is 0 Å². The summed E-state index contributed by atoms with van der Waals surface area (Å²) in [4.78, 5) is 0. The first-order valence-electron chi connectivity index (χ1n) is 6.86. The van der Waals surface area contributed by atoms with Gasteiger partial charge in [0.2, 0.25) is 0 Å². The molecule has 2 atom stereocenters. The Hall–Kier alpha value is -0.730. The van der Waals surface area contributed by atoms with Gasteiger partial charge in [-0.15, -0.1) is 0 Å². The van der Waals surface area contributed by atoms with E-state index in [1.165, 1.54) is 11.1 Å². The third-order valence-corrected chi connectivity index (χ3v) is 4.99. The Morgan fingerprint density at radius 1 is 0.810 bits per heavy atom. The Morgan fingerprint density at radius 2 is 1.43 bits per heavy atom. The van der Waals surface area contributed by atoms with Crippen LogP contribution in [0, 0.1) is 6.92 Å². The molecule has 0 aliphatic carbocycles. The summed E-state index contributed by atoms with van der Waals surface area (Å²) in [6, 6.07) is 12.3. The lowest BCUT2D eigenvalue weighted by Gasteiger charge is -2.23. The molecule has 0 spiro atoms. The summed E-state index contributed by atoms with van der Waals surface area (Å²) in [5.74, 6) is 0. The van der Waals surface area contributed by atoms with Gasteiger partial charge in [-0.1, -0.05) is 65.1 Å². The quantitative estimate of drug-likeness (QED) is 0.637. The van der Waals surface area contributed by atoms with E-state index in [0.717, 1.165) is 5.56 Å². The minimum Gasteiger partial charge on any atom is -0.304 e. The zero-order valence-corrected chi connectivity index (χ0v) is 14.5. The molecule has 0 aliphatic rings. The first kappa shape index (κ1) is 16.6. The van der Waals surface area contributed by atoms with E-state index in [1.54, 1.807) is 6.07 Å². The van der Waals surface area contributed by atoms with Gasteiger partial charge in [0.25, 0.3) is 0 Å². The average molecular weight is 343 g/mol. The molecule has 4 heteroatoms. The SMILES string of the molecule is Cc1ccccc1[C@@H](C)NC(C)c1ccc(Cl)c(Cl)c1Cl. The lowest BCUT2D eigenvalue weighted by molar-refractivity contribution is 0.493. The maximum Gasteiger partial charge on any atom is 0.0781 e. The molecule has 0 saturated carbocycles. The highest BCUT2D eigenvalue weighted by atomic mass is 35.5. The summed E-state index contributed by atoms with van der Waals surface area (Å²) < 4.78 is 0. The summed E-state index contributed by atoms with van der Waals surface area (Å²) in [5, 5.41) is 4.96. The van der Waals surface area contributed by atoms with Gasteiger partial charge in [-0.25, -0.2) is 0 Å². The second-order valence-electron chi connectivity index (χ2n) is 5.23. The zero-order chi connectivity index (χ0) is 15.6. The fourth-order valence-corrected chi connectivity index (χ4v) is 3.21. The van der Waals surface area contributed by atoms with Crippen LogP contribution in [0.2, 0.25) is 15.1 Å². The van der Waals surface area contributed by atoms with Crippen molar-refractivity contribution in [2.24, 2.45) is 0 Å². The molecular weight excluding hydrogens is 325 g/mol. The third kappa shape index (κ3) is 3.73. The van der Waals surface area contributed by atoms with Crippen LogP contribution in [0.15, 0.2) is 36.4 Å². The molecule has 0 heterocycles. The number of nitrogens with one attached hydrogen (secondary N) is 1. The van der Waals surface area contributed by atoms with Crippen LogP contribution in [0.4, 0.5) is 0 Å². The molecule has 0 saturated heterocycles. The maximum absolute atomic E-state index is 6.30. The Morgan fingerprint density at radius 3 is 2.10 bits per heavy atom. The first-order valence-corrected chi connectivity index (χ1v) is 8.00. The van der Waals surface area contributed by atoms with Crippen molar-refractivity contribution in [1.29, 1.82) is 0 Å². The molecule has 1 N–H and O–H groups in total. The van der Waals surface area contributed by atoms with E-state index >= 15 is 0 Å². The smallest absolute Gasteiger partial charge is 0.0781 e. The largest absolute Gasteiger partial charge is 0.304 e. The monoisotopic (exact) mass is 341 g/mol. The van der Waals surface area contributed by atoms with Gasteiger partial charge in [0.1, 0.15) is 0 Å². The molecule has 0 amide bonds. The second-order valence-corrected chi connectivity index (χ2v) is 6.39. The van der Waals surface area contributed by atoms with Crippen molar-refractivity contribution in [2.75, 3.05) is 0 Å². The molecule has 2 rings (SSSR count). The normalized spacial score (nSPS) is 14.0. The summed E-state index contributed by atoms with van der Waals surface area (Å²) in [5.41, 5.74) is 3.50. The topological polar surface area (TPSA) is 12.0 Å². The fraction of sp³-hybridized carbons (Fsp3) is 0.294. The van der Waals surface area contributed by atoms with Crippen molar-refractivity contribution in [2.45, 2.75) is 32.9 Å². The van der Waals surface area contributed by atoms with Crippen molar-refractivity contribution in [1.82, 2.24) is 5.32 Å². The number of hydrogen-bond acceptors (Lipinski definition) is 1. The Bertz CT molecular complexity index is 640. The first-order chi connectivity index (χ1) is 9.91. The van der Waals surface area contributed by atoms with Crippen molar-refractivity contribution >= 4 is 34.8 Å². The van der Waals surface area contributed by atoms with Crippen LogP contribution in [0.3, 0.4) is 0 Å². The van der Waals surface area contributed by atoms with Gasteiger partial charge in [0.05, 0.1) is 15.1 Å². The molecule has 21 heavy (non-hydrogen) atoms. The van der Waals surface area contributed by atoms with Crippen LogP contribution >= 0.6 is 34.8 Å². The lowest BCUT2D eigenvalue weighted by atomic mass is 10.0. The number of hydrogen-bond donors (Lipinski definition) is 1. The number of benzene rings is 2.